The Morgan fingerprint density at radius 3 is 2.78 bits per heavy atom. The van der Waals surface area contributed by atoms with E-state index in [0.29, 0.717) is 45.9 Å². The van der Waals surface area contributed by atoms with Crippen molar-refractivity contribution in [2.24, 2.45) is 0 Å². The Bertz CT molecular complexity index is 294. The molecule has 2 rings (SSSR count). The third kappa shape index (κ3) is 3.20. The third-order valence-electron chi connectivity index (χ3n) is 3.73. The monoisotopic (exact) mass is 258 g/mol. The molecule has 2 unspecified atom stereocenters. The lowest BCUT2D eigenvalue weighted by atomic mass is 9.97. The molecule has 0 saturated carbocycles. The van der Waals surface area contributed by atoms with Crippen molar-refractivity contribution in [2.45, 2.75) is 25.0 Å². The van der Waals surface area contributed by atoms with Crippen molar-refractivity contribution in [3.63, 3.8) is 0 Å². The number of morpholine rings is 1. The van der Waals surface area contributed by atoms with Crippen molar-refractivity contribution in [3.05, 3.63) is 0 Å². The Morgan fingerprint density at radius 1 is 1.44 bits per heavy atom. The minimum Gasteiger partial charge on any atom is -0.386 e. The van der Waals surface area contributed by atoms with E-state index in [1.54, 1.807) is 4.90 Å². The summed E-state index contributed by atoms with van der Waals surface area (Å²) in [5.74, 6) is 0.0634. The average molecular weight is 258 g/mol. The minimum atomic E-state index is -0.842. The number of hydrogen-bond donors (Lipinski definition) is 2. The maximum Gasteiger partial charge on any atom is 0.236 e. The van der Waals surface area contributed by atoms with Gasteiger partial charge in [0, 0.05) is 32.7 Å². The van der Waals surface area contributed by atoms with Crippen LogP contribution >= 0.6 is 0 Å². The van der Waals surface area contributed by atoms with E-state index in [-0.39, 0.29) is 18.6 Å². The van der Waals surface area contributed by atoms with Crippen molar-refractivity contribution < 1.29 is 19.4 Å². The van der Waals surface area contributed by atoms with E-state index in [4.69, 9.17) is 9.47 Å². The number of aliphatic hydroxyl groups is 1. The molecule has 2 atom stereocenters. The van der Waals surface area contributed by atoms with Crippen LogP contribution in [0, 0.1) is 0 Å². The van der Waals surface area contributed by atoms with Gasteiger partial charge in [-0.25, -0.2) is 0 Å². The zero-order valence-corrected chi connectivity index (χ0v) is 10.9. The van der Waals surface area contributed by atoms with Gasteiger partial charge in [0.1, 0.15) is 5.60 Å². The summed E-state index contributed by atoms with van der Waals surface area (Å²) in [6, 6.07) is 0. The summed E-state index contributed by atoms with van der Waals surface area (Å²) in [5, 5.41) is 13.3. The van der Waals surface area contributed by atoms with Gasteiger partial charge in [0.05, 0.1) is 25.9 Å². The highest BCUT2D eigenvalue weighted by Gasteiger charge is 2.39. The molecular weight excluding hydrogens is 236 g/mol. The standard InChI is InChI=1S/C12H22N2O4/c1-10-12(16,2-5-18-10)9-13-8-11(15)14-3-6-17-7-4-14/h10,13,16H,2-9H2,1H3. The molecule has 104 valence electrons. The van der Waals surface area contributed by atoms with Gasteiger partial charge in [-0.05, 0) is 6.92 Å². The van der Waals surface area contributed by atoms with E-state index in [1.807, 2.05) is 6.92 Å². The number of carbonyl (C=O) groups excluding carboxylic acids is 1. The van der Waals surface area contributed by atoms with E-state index in [2.05, 4.69) is 5.32 Å². The van der Waals surface area contributed by atoms with E-state index in [0.717, 1.165) is 0 Å². The molecular formula is C12H22N2O4. The maximum absolute atomic E-state index is 11.9. The highest BCUT2D eigenvalue weighted by atomic mass is 16.5. The lowest BCUT2D eigenvalue weighted by Gasteiger charge is -2.29. The molecule has 0 aliphatic carbocycles. The molecule has 2 fully saturated rings. The summed E-state index contributed by atoms with van der Waals surface area (Å²) in [5.41, 5.74) is -0.842. The van der Waals surface area contributed by atoms with Crippen molar-refractivity contribution in [2.75, 3.05) is 46.0 Å². The summed E-state index contributed by atoms with van der Waals surface area (Å²) >= 11 is 0. The summed E-state index contributed by atoms with van der Waals surface area (Å²) < 4.78 is 10.5. The molecule has 1 amide bonds. The molecule has 0 radical (unpaired) electrons. The van der Waals surface area contributed by atoms with Gasteiger partial charge >= 0.3 is 0 Å². The van der Waals surface area contributed by atoms with Crippen molar-refractivity contribution in [1.29, 1.82) is 0 Å². The van der Waals surface area contributed by atoms with Gasteiger partial charge in [-0.1, -0.05) is 0 Å². The summed E-state index contributed by atoms with van der Waals surface area (Å²) in [4.78, 5) is 13.6. The quantitative estimate of drug-likeness (QED) is 0.675. The number of hydrogen-bond acceptors (Lipinski definition) is 5. The molecule has 2 aliphatic rings. The second kappa shape index (κ2) is 5.97. The fraction of sp³-hybridized carbons (Fsp3) is 0.917. The molecule has 2 N–H and O–H groups in total. The maximum atomic E-state index is 11.9. The van der Waals surface area contributed by atoms with Gasteiger partial charge in [0.25, 0.3) is 0 Å². The molecule has 18 heavy (non-hydrogen) atoms. The van der Waals surface area contributed by atoms with Crippen LogP contribution in [-0.2, 0) is 14.3 Å². The molecule has 2 heterocycles. The third-order valence-corrected chi connectivity index (χ3v) is 3.73. The van der Waals surface area contributed by atoms with Crippen molar-refractivity contribution in [3.8, 4) is 0 Å². The fourth-order valence-electron chi connectivity index (χ4n) is 2.31. The molecule has 0 spiro atoms. The zero-order valence-electron chi connectivity index (χ0n) is 10.9. The summed E-state index contributed by atoms with van der Waals surface area (Å²) in [6.07, 6.45) is 0.441. The summed E-state index contributed by atoms with van der Waals surface area (Å²) in [6.45, 7) is 5.63. The predicted molar refractivity (Wildman–Crippen MR) is 65.2 cm³/mol. The van der Waals surface area contributed by atoms with Crippen molar-refractivity contribution >= 4 is 5.91 Å². The first-order valence-corrected chi connectivity index (χ1v) is 6.52. The van der Waals surface area contributed by atoms with E-state index in [1.165, 1.54) is 0 Å². The summed E-state index contributed by atoms with van der Waals surface area (Å²) in [7, 11) is 0. The van der Waals surface area contributed by atoms with Crippen LogP contribution < -0.4 is 5.32 Å². The Kier molecular flexibility index (Phi) is 4.55. The van der Waals surface area contributed by atoms with Crippen LogP contribution in [-0.4, -0.2) is 73.6 Å². The van der Waals surface area contributed by atoms with Crippen LogP contribution in [0.2, 0.25) is 0 Å². The van der Waals surface area contributed by atoms with Gasteiger partial charge in [-0.2, -0.15) is 0 Å². The van der Waals surface area contributed by atoms with Crippen LogP contribution in [0.25, 0.3) is 0 Å². The van der Waals surface area contributed by atoms with Gasteiger partial charge in [-0.15, -0.1) is 0 Å². The number of rotatable bonds is 4. The van der Waals surface area contributed by atoms with E-state index >= 15 is 0 Å². The number of carbonyl (C=O) groups is 1. The number of nitrogens with zero attached hydrogens (tertiary/aromatic N) is 1. The van der Waals surface area contributed by atoms with E-state index < -0.39 is 5.60 Å². The Morgan fingerprint density at radius 2 is 2.17 bits per heavy atom. The normalized spacial score (nSPS) is 32.8. The van der Waals surface area contributed by atoms with Crippen LogP contribution in [0.15, 0.2) is 0 Å². The molecule has 6 heteroatoms. The van der Waals surface area contributed by atoms with Crippen LogP contribution in [0.5, 0.6) is 0 Å². The van der Waals surface area contributed by atoms with E-state index in [9.17, 15) is 9.90 Å². The second-order valence-electron chi connectivity index (χ2n) is 4.96. The Labute approximate surface area is 107 Å². The largest absolute Gasteiger partial charge is 0.386 e. The lowest BCUT2D eigenvalue weighted by Crippen LogP contribution is -2.50. The average Bonchev–Trinajstić information content (AvgIpc) is 2.71. The molecule has 0 aromatic heterocycles. The number of ether oxygens (including phenoxy) is 2. The number of amides is 1. The highest BCUT2D eigenvalue weighted by molar-refractivity contribution is 5.78. The first-order valence-electron chi connectivity index (χ1n) is 6.52. The second-order valence-corrected chi connectivity index (χ2v) is 4.96. The van der Waals surface area contributed by atoms with Crippen LogP contribution in [0.3, 0.4) is 0 Å². The zero-order chi connectivity index (χ0) is 13.0. The SMILES string of the molecule is CC1OCCC1(O)CNCC(=O)N1CCOCC1. The van der Waals surface area contributed by atoms with Gasteiger partial charge in [0.2, 0.25) is 5.91 Å². The molecule has 2 saturated heterocycles. The first-order chi connectivity index (χ1) is 8.62. The molecule has 0 aromatic rings. The molecule has 6 nitrogen and oxygen atoms in total. The predicted octanol–water partition coefficient (Wildman–Crippen LogP) is -1.03. The van der Waals surface area contributed by atoms with Crippen LogP contribution in [0.4, 0.5) is 0 Å². The van der Waals surface area contributed by atoms with Crippen LogP contribution in [0.1, 0.15) is 13.3 Å². The smallest absolute Gasteiger partial charge is 0.236 e. The minimum absolute atomic E-state index is 0.0634. The topological polar surface area (TPSA) is 71.0 Å². The highest BCUT2D eigenvalue weighted by Crippen LogP contribution is 2.24. The molecule has 0 bridgehead atoms. The van der Waals surface area contributed by atoms with Gasteiger partial charge < -0.3 is 24.8 Å². The van der Waals surface area contributed by atoms with Gasteiger partial charge in [0.15, 0.2) is 0 Å². The molecule has 2 aliphatic heterocycles. The first kappa shape index (κ1) is 13.7. The number of nitrogens with one attached hydrogen (secondary N) is 1. The Hall–Kier alpha value is -0.690. The molecule has 0 aromatic carbocycles. The fourth-order valence-corrected chi connectivity index (χ4v) is 2.31. The Balaban J connectivity index is 1.69. The van der Waals surface area contributed by atoms with Gasteiger partial charge in [-0.3, -0.25) is 4.79 Å². The lowest BCUT2D eigenvalue weighted by molar-refractivity contribution is -0.134. The van der Waals surface area contributed by atoms with Crippen molar-refractivity contribution in [1.82, 2.24) is 10.2 Å².